The van der Waals surface area contributed by atoms with Crippen LogP contribution in [0.15, 0.2) is 46.8 Å². The van der Waals surface area contributed by atoms with Crippen molar-refractivity contribution in [1.29, 1.82) is 5.26 Å². The Morgan fingerprint density at radius 3 is 2.58 bits per heavy atom. The van der Waals surface area contributed by atoms with Gasteiger partial charge in [-0.1, -0.05) is 0 Å². The molecule has 19 heavy (non-hydrogen) atoms. The second kappa shape index (κ2) is 4.50. The monoisotopic (exact) mass is 249 g/mol. The zero-order chi connectivity index (χ0) is 13.2. The zero-order valence-corrected chi connectivity index (χ0v) is 9.83. The Labute approximate surface area is 109 Å². The van der Waals surface area contributed by atoms with Gasteiger partial charge in [-0.15, -0.1) is 0 Å². The molecule has 0 bridgehead atoms. The third-order valence-electron chi connectivity index (χ3n) is 2.77. The summed E-state index contributed by atoms with van der Waals surface area (Å²) in [6.45, 7) is 0. The summed E-state index contributed by atoms with van der Waals surface area (Å²) in [5, 5.41) is 19.6. The number of benzene rings is 2. The quantitative estimate of drug-likeness (QED) is 0.757. The molecule has 2 aromatic carbocycles. The molecule has 0 fully saturated rings. The predicted molar refractivity (Wildman–Crippen MR) is 70.5 cm³/mol. The van der Waals surface area contributed by atoms with Crippen molar-refractivity contribution in [1.82, 2.24) is 0 Å². The van der Waals surface area contributed by atoms with Crippen LogP contribution >= 0.6 is 0 Å². The number of aromatic hydroxyl groups is 1. The molecule has 0 saturated heterocycles. The fourth-order valence-electron chi connectivity index (χ4n) is 1.80. The Morgan fingerprint density at radius 1 is 1.11 bits per heavy atom. The summed E-state index contributed by atoms with van der Waals surface area (Å²) < 4.78 is 10.6. The van der Waals surface area contributed by atoms with Crippen LogP contribution in [0, 0.1) is 11.3 Å². The van der Waals surface area contributed by atoms with Crippen molar-refractivity contribution in [3.8, 4) is 23.5 Å². The van der Waals surface area contributed by atoms with Crippen LogP contribution in [0.5, 0.6) is 17.4 Å². The van der Waals surface area contributed by atoms with Gasteiger partial charge >= 0.3 is 109 Å². The van der Waals surface area contributed by atoms with Crippen molar-refractivity contribution in [3.63, 3.8) is 0 Å². The second-order valence-electron chi connectivity index (χ2n) is 4.03. The maximum atomic E-state index is 9.51. The van der Waals surface area contributed by atoms with Gasteiger partial charge in [0.05, 0.1) is 0 Å². The molecular formula is C14H8BNO3. The van der Waals surface area contributed by atoms with Gasteiger partial charge < -0.3 is 0 Å². The molecule has 3 aromatic rings. The van der Waals surface area contributed by atoms with E-state index in [1.165, 1.54) is 7.13 Å². The topological polar surface area (TPSA) is 66.4 Å². The molecule has 0 aliphatic rings. The van der Waals surface area contributed by atoms with Gasteiger partial charge in [-0.05, 0) is 0 Å². The van der Waals surface area contributed by atoms with E-state index in [0.717, 1.165) is 5.28 Å². The molecule has 0 radical (unpaired) electrons. The number of nitrogens with zero attached hydrogens (tertiary/aromatic N) is 1. The molecule has 4 nitrogen and oxygen atoms in total. The van der Waals surface area contributed by atoms with E-state index in [2.05, 4.69) is 0 Å². The van der Waals surface area contributed by atoms with Gasteiger partial charge in [-0.2, -0.15) is 0 Å². The summed E-state index contributed by atoms with van der Waals surface area (Å²) in [5.74, 6) is 1.09. The third-order valence-corrected chi connectivity index (χ3v) is 2.77. The van der Waals surface area contributed by atoms with Crippen LogP contribution in [-0.4, -0.2) is 12.2 Å². The van der Waals surface area contributed by atoms with E-state index in [4.69, 9.17) is 14.3 Å². The molecule has 0 unspecified atom stereocenters. The number of rotatable bonds is 2. The van der Waals surface area contributed by atoms with Crippen LogP contribution in [0.3, 0.4) is 0 Å². The molecule has 3 rings (SSSR count). The van der Waals surface area contributed by atoms with Crippen LogP contribution in [0.1, 0.15) is 5.56 Å². The van der Waals surface area contributed by atoms with Crippen molar-refractivity contribution in [2.45, 2.75) is 0 Å². The standard InChI is InChI=1S/C14H8BNO3/c16-8-9-1-3-10(4-2-9)18-11-5-6-13-12(7-11)14(17)19-15-13/h1-7,17H. The Bertz CT molecular complexity index is 771. The summed E-state index contributed by atoms with van der Waals surface area (Å²) in [5.41, 5.74) is 0.579. The van der Waals surface area contributed by atoms with Crippen LogP contribution in [0.25, 0.3) is 10.7 Å². The molecule has 0 spiro atoms. The van der Waals surface area contributed by atoms with Crippen LogP contribution in [0.2, 0.25) is 0 Å². The molecular weight excluding hydrogens is 241 g/mol. The van der Waals surface area contributed by atoms with E-state index in [0.29, 0.717) is 22.4 Å². The zero-order valence-electron chi connectivity index (χ0n) is 9.83. The van der Waals surface area contributed by atoms with Crippen molar-refractivity contribution in [2.75, 3.05) is 0 Å². The number of hydrogen-bond donors (Lipinski definition) is 1. The van der Waals surface area contributed by atoms with Gasteiger partial charge in [0, 0.05) is 0 Å². The fourth-order valence-corrected chi connectivity index (χ4v) is 1.80. The predicted octanol–water partition coefficient (Wildman–Crippen LogP) is 3.14. The first-order valence-corrected chi connectivity index (χ1v) is 5.64. The van der Waals surface area contributed by atoms with Crippen LogP contribution in [0.4, 0.5) is 0 Å². The first-order chi connectivity index (χ1) is 9.26. The SMILES string of the molecule is N#Cc1ccc(Oc2ccc3boc(O)c3c2)cc1. The van der Waals surface area contributed by atoms with Crippen molar-refractivity contribution < 1.29 is 14.2 Å². The van der Waals surface area contributed by atoms with Crippen LogP contribution in [-0.2, 0) is 0 Å². The Kier molecular flexibility index (Phi) is 2.69. The first-order valence-electron chi connectivity index (χ1n) is 5.64. The molecule has 1 N–H and O–H groups in total. The fraction of sp³-hybridized carbons (Fsp3) is 0. The summed E-state index contributed by atoms with van der Waals surface area (Å²) in [7, 11) is 1.48. The third kappa shape index (κ3) is 2.16. The molecule has 0 amide bonds. The molecule has 0 saturated carbocycles. The molecule has 5 heteroatoms. The number of nitriles is 1. The molecule has 0 atom stereocenters. The molecule has 0 aliphatic carbocycles. The second-order valence-corrected chi connectivity index (χ2v) is 4.03. The molecule has 1 aromatic heterocycles. The van der Waals surface area contributed by atoms with Crippen molar-refractivity contribution >= 4 is 17.8 Å². The minimum absolute atomic E-state index is 0.125. The number of hydrogen-bond acceptors (Lipinski definition) is 4. The van der Waals surface area contributed by atoms with Gasteiger partial charge in [-0.3, -0.25) is 0 Å². The normalized spacial score (nSPS) is 10.1. The van der Waals surface area contributed by atoms with Gasteiger partial charge in [0.15, 0.2) is 0 Å². The van der Waals surface area contributed by atoms with Gasteiger partial charge in [0.25, 0.3) is 0 Å². The van der Waals surface area contributed by atoms with E-state index in [1.807, 2.05) is 6.07 Å². The summed E-state index contributed by atoms with van der Waals surface area (Å²) in [6, 6.07) is 14.1. The minimum atomic E-state index is -0.125. The van der Waals surface area contributed by atoms with Gasteiger partial charge in [0.1, 0.15) is 0 Å². The van der Waals surface area contributed by atoms with Crippen LogP contribution < -0.4 is 4.74 Å². The number of ether oxygens (including phenoxy) is 1. The average Bonchev–Trinajstić information content (AvgIpc) is 2.81. The summed E-state index contributed by atoms with van der Waals surface area (Å²) in [4.78, 5) is 0. The molecule has 90 valence electrons. The van der Waals surface area contributed by atoms with E-state index < -0.39 is 0 Å². The Balaban J connectivity index is 1.91. The van der Waals surface area contributed by atoms with Gasteiger partial charge in [-0.25, -0.2) is 0 Å². The van der Waals surface area contributed by atoms with E-state index >= 15 is 0 Å². The maximum absolute atomic E-state index is 9.51. The molecule has 1 heterocycles. The Hall–Kier alpha value is -2.74. The van der Waals surface area contributed by atoms with Gasteiger partial charge in [0.2, 0.25) is 0 Å². The van der Waals surface area contributed by atoms with Crippen molar-refractivity contribution in [2.24, 2.45) is 0 Å². The van der Waals surface area contributed by atoms with E-state index in [-0.39, 0.29) is 5.95 Å². The summed E-state index contributed by atoms with van der Waals surface area (Å²) in [6.07, 6.45) is 0. The molecule has 0 aliphatic heterocycles. The number of fused-ring (bicyclic) bond motifs is 1. The summed E-state index contributed by atoms with van der Waals surface area (Å²) >= 11 is 0. The first kappa shape index (κ1) is 11.4. The Morgan fingerprint density at radius 2 is 1.84 bits per heavy atom. The van der Waals surface area contributed by atoms with E-state index in [9.17, 15) is 5.11 Å². The van der Waals surface area contributed by atoms with Crippen molar-refractivity contribution in [3.05, 3.63) is 48.0 Å². The average molecular weight is 249 g/mol. The van der Waals surface area contributed by atoms with E-state index in [1.54, 1.807) is 42.5 Å².